The minimum Gasteiger partial charge on any atom is -0.465 e. The minimum atomic E-state index is -0.338. The van der Waals surface area contributed by atoms with Gasteiger partial charge in [-0.25, -0.2) is 4.79 Å². The number of thiocarbonyl (C=S) groups is 1. The number of anilines is 1. The van der Waals surface area contributed by atoms with E-state index >= 15 is 0 Å². The fraction of sp³-hybridized carbons (Fsp3) is 0.538. The summed E-state index contributed by atoms with van der Waals surface area (Å²) in [5.41, 5.74) is 0.545. The normalized spacial score (nSPS) is 10.1. The molecule has 0 aliphatic rings. The summed E-state index contributed by atoms with van der Waals surface area (Å²) in [7, 11) is 1.38. The number of hydrogen-bond acceptors (Lipinski definition) is 4. The van der Waals surface area contributed by atoms with Gasteiger partial charge in [-0.15, -0.1) is 11.3 Å². The number of aryl methyl sites for hydroxylation is 1. The number of rotatable bonds is 6. The summed E-state index contributed by atoms with van der Waals surface area (Å²) in [5.74, 6) is -0.338. The zero-order chi connectivity index (χ0) is 14.3. The van der Waals surface area contributed by atoms with Gasteiger partial charge in [0, 0.05) is 11.4 Å². The molecule has 2 N–H and O–H groups in total. The van der Waals surface area contributed by atoms with Gasteiger partial charge in [-0.2, -0.15) is 0 Å². The van der Waals surface area contributed by atoms with Gasteiger partial charge in [0.15, 0.2) is 5.11 Å². The van der Waals surface area contributed by atoms with E-state index in [-0.39, 0.29) is 5.97 Å². The lowest BCUT2D eigenvalue weighted by molar-refractivity contribution is 0.0602. The van der Waals surface area contributed by atoms with E-state index in [0.29, 0.717) is 10.7 Å². The van der Waals surface area contributed by atoms with Crippen LogP contribution in [0.1, 0.15) is 41.9 Å². The van der Waals surface area contributed by atoms with Gasteiger partial charge in [0.25, 0.3) is 0 Å². The van der Waals surface area contributed by atoms with Crippen molar-refractivity contribution in [2.45, 2.75) is 33.1 Å². The highest BCUT2D eigenvalue weighted by Gasteiger charge is 2.16. The summed E-state index contributed by atoms with van der Waals surface area (Å²) >= 11 is 6.74. The van der Waals surface area contributed by atoms with Crippen molar-refractivity contribution in [2.24, 2.45) is 0 Å². The average molecular weight is 300 g/mol. The zero-order valence-electron chi connectivity index (χ0n) is 11.5. The molecular weight excluding hydrogens is 280 g/mol. The fourth-order valence-electron chi connectivity index (χ4n) is 1.50. The molecule has 6 heteroatoms. The Bertz CT molecular complexity index is 444. The first-order valence-corrected chi connectivity index (χ1v) is 7.60. The third kappa shape index (κ3) is 4.80. The van der Waals surface area contributed by atoms with Crippen LogP contribution in [-0.4, -0.2) is 24.7 Å². The van der Waals surface area contributed by atoms with Crippen molar-refractivity contribution in [2.75, 3.05) is 19.0 Å². The predicted octanol–water partition coefficient (Wildman–Crippen LogP) is 3.18. The molecule has 0 radical (unpaired) electrons. The average Bonchev–Trinajstić information content (AvgIpc) is 2.81. The lowest BCUT2D eigenvalue weighted by Gasteiger charge is -2.09. The second kappa shape index (κ2) is 8.12. The summed E-state index contributed by atoms with van der Waals surface area (Å²) in [6.07, 6.45) is 3.06. The molecule has 0 fully saturated rings. The van der Waals surface area contributed by atoms with Crippen molar-refractivity contribution in [1.29, 1.82) is 0 Å². The molecule has 0 unspecified atom stereocenters. The van der Waals surface area contributed by atoms with E-state index in [1.165, 1.54) is 18.4 Å². The highest BCUT2D eigenvalue weighted by molar-refractivity contribution is 7.80. The molecular formula is C13H20N2O2S2. The summed E-state index contributed by atoms with van der Waals surface area (Å²) in [4.78, 5) is 12.8. The van der Waals surface area contributed by atoms with Gasteiger partial charge < -0.3 is 15.4 Å². The van der Waals surface area contributed by atoms with Gasteiger partial charge >= 0.3 is 5.97 Å². The molecule has 0 amide bonds. The molecule has 106 valence electrons. The summed E-state index contributed by atoms with van der Waals surface area (Å²) in [5, 5.41) is 7.49. The Kier molecular flexibility index (Phi) is 6.80. The molecule has 0 atom stereocenters. The highest BCUT2D eigenvalue weighted by atomic mass is 32.1. The molecule has 19 heavy (non-hydrogen) atoms. The highest BCUT2D eigenvalue weighted by Crippen LogP contribution is 2.29. The van der Waals surface area contributed by atoms with Crippen LogP contribution in [0.3, 0.4) is 0 Å². The third-order valence-corrected chi connectivity index (χ3v) is 4.02. The first kappa shape index (κ1) is 15.9. The smallest absolute Gasteiger partial charge is 0.340 e. The van der Waals surface area contributed by atoms with Crippen LogP contribution < -0.4 is 10.6 Å². The van der Waals surface area contributed by atoms with Crippen LogP contribution >= 0.6 is 23.6 Å². The van der Waals surface area contributed by atoms with E-state index < -0.39 is 0 Å². The van der Waals surface area contributed by atoms with Gasteiger partial charge in [0.1, 0.15) is 5.00 Å². The second-order valence-electron chi connectivity index (χ2n) is 4.04. The summed E-state index contributed by atoms with van der Waals surface area (Å²) in [6.45, 7) is 5.01. The van der Waals surface area contributed by atoms with Crippen LogP contribution in [0.4, 0.5) is 5.00 Å². The first-order valence-electron chi connectivity index (χ1n) is 6.38. The number of hydrogen-bond donors (Lipinski definition) is 2. The van der Waals surface area contributed by atoms with Crippen molar-refractivity contribution >= 4 is 39.6 Å². The number of unbranched alkanes of at least 4 members (excludes halogenated alkanes) is 1. The van der Waals surface area contributed by atoms with Crippen molar-refractivity contribution in [1.82, 2.24) is 5.32 Å². The molecule has 1 heterocycles. The second-order valence-corrected chi connectivity index (χ2v) is 5.58. The maximum Gasteiger partial charge on any atom is 0.340 e. The van der Waals surface area contributed by atoms with Crippen molar-refractivity contribution in [3.05, 3.63) is 16.5 Å². The Morgan fingerprint density at radius 3 is 2.79 bits per heavy atom. The Balaban J connectivity index is 2.73. The SMILES string of the molecule is CCCCNC(=S)Nc1sc(CC)cc1C(=O)OC. The summed E-state index contributed by atoms with van der Waals surface area (Å²) in [6, 6.07) is 1.85. The van der Waals surface area contributed by atoms with Gasteiger partial charge in [-0.1, -0.05) is 20.3 Å². The molecule has 0 saturated heterocycles. The minimum absolute atomic E-state index is 0.338. The topological polar surface area (TPSA) is 50.4 Å². The van der Waals surface area contributed by atoms with Gasteiger partial charge in [0.05, 0.1) is 12.7 Å². The number of thiophene rings is 1. The zero-order valence-corrected chi connectivity index (χ0v) is 13.2. The van der Waals surface area contributed by atoms with Gasteiger partial charge in [0.2, 0.25) is 0 Å². The molecule has 0 aromatic carbocycles. The van der Waals surface area contributed by atoms with Crippen molar-refractivity contribution < 1.29 is 9.53 Å². The largest absolute Gasteiger partial charge is 0.465 e. The third-order valence-electron chi connectivity index (χ3n) is 2.58. The van der Waals surface area contributed by atoms with Crippen LogP contribution in [0, 0.1) is 0 Å². The number of carbonyl (C=O) groups is 1. The lowest BCUT2D eigenvalue weighted by Crippen LogP contribution is -2.29. The number of esters is 1. The first-order chi connectivity index (χ1) is 9.12. The van der Waals surface area contributed by atoms with E-state index in [9.17, 15) is 4.79 Å². The molecule has 0 spiro atoms. The Hall–Kier alpha value is -1.14. The molecule has 1 rings (SSSR count). The molecule has 0 bridgehead atoms. The fourth-order valence-corrected chi connectivity index (χ4v) is 2.75. The van der Waals surface area contributed by atoms with E-state index in [1.807, 2.05) is 6.07 Å². The Morgan fingerprint density at radius 2 is 2.21 bits per heavy atom. The monoisotopic (exact) mass is 300 g/mol. The quantitative estimate of drug-likeness (QED) is 0.480. The molecule has 0 saturated carbocycles. The molecule has 0 aliphatic heterocycles. The molecule has 0 aliphatic carbocycles. The molecule has 1 aromatic rings. The number of carbonyl (C=O) groups excluding carboxylic acids is 1. The van der Waals surface area contributed by atoms with Gasteiger partial charge in [-0.05, 0) is 31.1 Å². The predicted molar refractivity (Wildman–Crippen MR) is 84.2 cm³/mol. The van der Waals surface area contributed by atoms with Crippen molar-refractivity contribution in [3.8, 4) is 0 Å². The Labute approximate surface area is 123 Å². The van der Waals surface area contributed by atoms with Crippen LogP contribution in [0.25, 0.3) is 0 Å². The van der Waals surface area contributed by atoms with E-state index in [4.69, 9.17) is 17.0 Å². The maximum atomic E-state index is 11.7. The summed E-state index contributed by atoms with van der Waals surface area (Å²) < 4.78 is 4.78. The van der Waals surface area contributed by atoms with Crippen LogP contribution in [0.15, 0.2) is 6.07 Å². The van der Waals surface area contributed by atoms with E-state index in [0.717, 1.165) is 35.7 Å². The number of nitrogens with one attached hydrogen (secondary N) is 2. The van der Waals surface area contributed by atoms with E-state index in [2.05, 4.69) is 24.5 Å². The number of methoxy groups -OCH3 is 1. The lowest BCUT2D eigenvalue weighted by atomic mass is 10.2. The van der Waals surface area contributed by atoms with E-state index in [1.54, 1.807) is 0 Å². The Morgan fingerprint density at radius 1 is 1.47 bits per heavy atom. The van der Waals surface area contributed by atoms with Crippen LogP contribution in [0.5, 0.6) is 0 Å². The maximum absolute atomic E-state index is 11.7. The van der Waals surface area contributed by atoms with Crippen molar-refractivity contribution in [3.63, 3.8) is 0 Å². The molecule has 4 nitrogen and oxygen atoms in total. The van der Waals surface area contributed by atoms with Gasteiger partial charge in [-0.3, -0.25) is 0 Å². The number of ether oxygens (including phenoxy) is 1. The standard InChI is InChI=1S/C13H20N2O2S2/c1-4-6-7-14-13(18)15-11-10(12(16)17-3)8-9(5-2)19-11/h8H,4-7H2,1-3H3,(H2,14,15,18). The van der Waals surface area contributed by atoms with Crippen LogP contribution in [-0.2, 0) is 11.2 Å². The van der Waals surface area contributed by atoms with Crippen LogP contribution in [0.2, 0.25) is 0 Å². The molecule has 1 aromatic heterocycles.